The molecule has 2 heterocycles. The van der Waals surface area contributed by atoms with E-state index in [-0.39, 0.29) is 43.4 Å². The summed E-state index contributed by atoms with van der Waals surface area (Å²) in [6.45, 7) is 2.29. The smallest absolute Gasteiger partial charge is 0.405 e. The summed E-state index contributed by atoms with van der Waals surface area (Å²) in [5.41, 5.74) is 0.105. The SMILES string of the molecule is CC1(NC(=O)O)CCN(c2c(C(=O)NC3CCC(F)(F)CC3)cncc2-c2cc(F)cc(F)c2)C1. The van der Waals surface area contributed by atoms with Gasteiger partial charge in [-0.2, -0.15) is 0 Å². The topological polar surface area (TPSA) is 94.6 Å². The highest BCUT2D eigenvalue weighted by molar-refractivity contribution is 6.03. The van der Waals surface area contributed by atoms with Crippen LogP contribution in [0, 0.1) is 11.6 Å². The normalized spacial score (nSPS) is 22.1. The van der Waals surface area contributed by atoms with Crippen LogP contribution in [0.2, 0.25) is 0 Å². The van der Waals surface area contributed by atoms with E-state index >= 15 is 0 Å². The van der Waals surface area contributed by atoms with Crippen molar-refractivity contribution in [3.05, 3.63) is 47.8 Å². The Labute approximate surface area is 199 Å². The number of hydrogen-bond acceptors (Lipinski definition) is 4. The number of aromatic nitrogens is 1. The van der Waals surface area contributed by atoms with Crippen LogP contribution in [0.25, 0.3) is 11.1 Å². The van der Waals surface area contributed by atoms with E-state index in [1.54, 1.807) is 11.8 Å². The molecular weight excluding hydrogens is 468 g/mol. The molecule has 7 nitrogen and oxygen atoms in total. The van der Waals surface area contributed by atoms with Gasteiger partial charge in [0.15, 0.2) is 0 Å². The molecule has 1 unspecified atom stereocenters. The molecule has 2 aliphatic rings. The molecule has 1 aromatic heterocycles. The maximum Gasteiger partial charge on any atom is 0.405 e. The summed E-state index contributed by atoms with van der Waals surface area (Å²) in [5, 5.41) is 14.5. The van der Waals surface area contributed by atoms with Crippen molar-refractivity contribution >= 4 is 17.7 Å². The third kappa shape index (κ3) is 5.66. The van der Waals surface area contributed by atoms with E-state index in [0.29, 0.717) is 24.2 Å². The van der Waals surface area contributed by atoms with Gasteiger partial charge in [-0.05, 0) is 43.9 Å². The first-order valence-electron chi connectivity index (χ1n) is 11.3. The number of halogens is 4. The first kappa shape index (κ1) is 24.7. The third-order valence-corrected chi connectivity index (χ3v) is 6.59. The number of carbonyl (C=O) groups is 2. The number of amides is 2. The van der Waals surface area contributed by atoms with Crippen molar-refractivity contribution in [1.29, 1.82) is 0 Å². The zero-order chi connectivity index (χ0) is 25.4. The van der Waals surface area contributed by atoms with Crippen LogP contribution in [0.4, 0.5) is 28.0 Å². The molecule has 2 aromatic rings. The highest BCUT2D eigenvalue weighted by Gasteiger charge is 2.39. The second-order valence-corrected chi connectivity index (χ2v) is 9.51. The van der Waals surface area contributed by atoms with Crippen LogP contribution < -0.4 is 15.5 Å². The molecule has 0 spiro atoms. The number of hydrogen-bond donors (Lipinski definition) is 3. The molecule has 2 amide bonds. The average molecular weight is 494 g/mol. The zero-order valence-corrected chi connectivity index (χ0v) is 19.1. The lowest BCUT2D eigenvalue weighted by Crippen LogP contribution is -2.47. The number of carboxylic acid groups (broad SMARTS) is 1. The van der Waals surface area contributed by atoms with Crippen molar-refractivity contribution in [2.75, 3.05) is 18.0 Å². The van der Waals surface area contributed by atoms with Gasteiger partial charge in [0.1, 0.15) is 11.6 Å². The molecule has 1 saturated carbocycles. The van der Waals surface area contributed by atoms with Gasteiger partial charge in [0.05, 0.1) is 16.8 Å². The number of anilines is 1. The lowest BCUT2D eigenvalue weighted by Gasteiger charge is -2.30. The van der Waals surface area contributed by atoms with Gasteiger partial charge in [-0.15, -0.1) is 0 Å². The van der Waals surface area contributed by atoms with Crippen LogP contribution in [0.5, 0.6) is 0 Å². The van der Waals surface area contributed by atoms with Crippen molar-refractivity contribution in [2.24, 2.45) is 0 Å². The Morgan fingerprint density at radius 2 is 1.74 bits per heavy atom. The van der Waals surface area contributed by atoms with Gasteiger partial charge >= 0.3 is 6.09 Å². The summed E-state index contributed by atoms with van der Waals surface area (Å²) < 4.78 is 55.1. The molecule has 0 radical (unpaired) electrons. The number of nitrogens with zero attached hydrogens (tertiary/aromatic N) is 2. The molecular formula is C24H26F4N4O3. The van der Waals surface area contributed by atoms with Crippen LogP contribution in [0.1, 0.15) is 49.4 Å². The summed E-state index contributed by atoms with van der Waals surface area (Å²) in [4.78, 5) is 30.4. The molecule has 0 bridgehead atoms. The van der Waals surface area contributed by atoms with E-state index in [1.165, 1.54) is 12.4 Å². The van der Waals surface area contributed by atoms with Crippen LogP contribution in [-0.4, -0.2) is 52.7 Å². The fourth-order valence-electron chi connectivity index (χ4n) is 4.84. The maximum absolute atomic E-state index is 14.0. The summed E-state index contributed by atoms with van der Waals surface area (Å²) in [6.07, 6.45) is 1.55. The Hall–Kier alpha value is -3.37. The van der Waals surface area contributed by atoms with Crippen LogP contribution in [-0.2, 0) is 0 Å². The molecule has 1 aromatic carbocycles. The van der Waals surface area contributed by atoms with Crippen molar-refractivity contribution in [3.63, 3.8) is 0 Å². The van der Waals surface area contributed by atoms with E-state index in [4.69, 9.17) is 0 Å². The second-order valence-electron chi connectivity index (χ2n) is 9.51. The van der Waals surface area contributed by atoms with Gasteiger partial charge in [-0.1, -0.05) is 0 Å². The largest absolute Gasteiger partial charge is 0.465 e. The Morgan fingerprint density at radius 1 is 1.09 bits per heavy atom. The van der Waals surface area contributed by atoms with E-state index in [2.05, 4.69) is 15.6 Å². The first-order valence-corrected chi connectivity index (χ1v) is 11.3. The number of pyridine rings is 1. The van der Waals surface area contributed by atoms with Gasteiger partial charge in [-0.25, -0.2) is 22.4 Å². The number of nitrogens with one attached hydrogen (secondary N) is 2. The summed E-state index contributed by atoms with van der Waals surface area (Å²) >= 11 is 0. The predicted molar refractivity (Wildman–Crippen MR) is 121 cm³/mol. The van der Waals surface area contributed by atoms with Crippen molar-refractivity contribution in [3.8, 4) is 11.1 Å². The fourth-order valence-corrected chi connectivity index (χ4v) is 4.84. The number of benzene rings is 1. The van der Waals surface area contributed by atoms with Crippen LogP contribution in [0.15, 0.2) is 30.6 Å². The van der Waals surface area contributed by atoms with Crippen LogP contribution >= 0.6 is 0 Å². The predicted octanol–water partition coefficient (Wildman–Crippen LogP) is 4.57. The minimum absolute atomic E-state index is 0.115. The molecule has 188 valence electrons. The molecule has 2 fully saturated rings. The maximum atomic E-state index is 14.0. The van der Waals surface area contributed by atoms with Gasteiger partial charge in [0, 0.05) is 56.0 Å². The number of rotatable bonds is 5. The lowest BCUT2D eigenvalue weighted by atomic mass is 9.92. The Kier molecular flexibility index (Phi) is 6.61. The third-order valence-electron chi connectivity index (χ3n) is 6.59. The van der Waals surface area contributed by atoms with Gasteiger partial charge in [0.2, 0.25) is 5.92 Å². The molecule has 3 N–H and O–H groups in total. The Bertz CT molecular complexity index is 1120. The summed E-state index contributed by atoms with van der Waals surface area (Å²) in [5.74, 6) is -4.89. The molecule has 1 saturated heterocycles. The van der Waals surface area contributed by atoms with Crippen molar-refractivity contribution in [1.82, 2.24) is 15.6 Å². The van der Waals surface area contributed by atoms with E-state index in [9.17, 15) is 32.3 Å². The zero-order valence-electron chi connectivity index (χ0n) is 19.1. The van der Waals surface area contributed by atoms with E-state index in [1.807, 2.05) is 0 Å². The number of alkyl halides is 2. The molecule has 11 heteroatoms. The van der Waals surface area contributed by atoms with Crippen molar-refractivity contribution < 1.29 is 32.3 Å². The molecule has 1 aliphatic carbocycles. The average Bonchev–Trinajstić information content (AvgIpc) is 3.14. The van der Waals surface area contributed by atoms with Gasteiger partial charge in [-0.3, -0.25) is 9.78 Å². The Morgan fingerprint density at radius 3 is 2.37 bits per heavy atom. The minimum atomic E-state index is -2.74. The van der Waals surface area contributed by atoms with E-state index in [0.717, 1.165) is 18.2 Å². The quantitative estimate of drug-likeness (QED) is 0.530. The van der Waals surface area contributed by atoms with Gasteiger partial charge in [0.25, 0.3) is 5.91 Å². The van der Waals surface area contributed by atoms with Crippen molar-refractivity contribution in [2.45, 2.75) is 56.5 Å². The molecule has 1 aliphatic heterocycles. The summed E-state index contributed by atoms with van der Waals surface area (Å²) in [7, 11) is 0. The van der Waals surface area contributed by atoms with Gasteiger partial charge < -0.3 is 20.6 Å². The van der Waals surface area contributed by atoms with E-state index < -0.39 is 41.1 Å². The lowest BCUT2D eigenvalue weighted by molar-refractivity contribution is -0.0399. The minimum Gasteiger partial charge on any atom is -0.465 e. The highest BCUT2D eigenvalue weighted by atomic mass is 19.3. The standard InChI is InChI=1S/C24H26F4N4O3/c1-23(31-22(34)35)6-7-32(13-23)20-18(14-8-15(25)10-16(26)9-14)11-29-12-19(20)21(33)30-17-2-4-24(27,28)5-3-17/h8-12,17,31H,2-7,13H2,1H3,(H,30,33)(H,34,35). The first-order chi connectivity index (χ1) is 16.4. The Balaban J connectivity index is 1.71. The number of carbonyl (C=O) groups excluding carboxylic acids is 1. The highest BCUT2D eigenvalue weighted by Crippen LogP contribution is 2.38. The monoisotopic (exact) mass is 494 g/mol. The molecule has 35 heavy (non-hydrogen) atoms. The summed E-state index contributed by atoms with van der Waals surface area (Å²) in [6, 6.07) is 2.54. The van der Waals surface area contributed by atoms with Crippen LogP contribution in [0.3, 0.4) is 0 Å². The second kappa shape index (κ2) is 9.35. The molecule has 1 atom stereocenters. The fraction of sp³-hybridized carbons (Fsp3) is 0.458. The molecule has 4 rings (SSSR count).